The van der Waals surface area contributed by atoms with Crippen molar-refractivity contribution in [2.75, 3.05) is 44.3 Å². The maximum absolute atomic E-state index is 14.2. The number of amides is 1. The van der Waals surface area contributed by atoms with Crippen LogP contribution in [0.5, 0.6) is 0 Å². The predicted octanol–water partition coefficient (Wildman–Crippen LogP) is 3.19. The third kappa shape index (κ3) is 4.61. The number of ether oxygens (including phenoxy) is 1. The fraction of sp³-hybridized carbons (Fsp3) is 0.421. The summed E-state index contributed by atoms with van der Waals surface area (Å²) in [4.78, 5) is 21.4. The molecule has 7 nitrogen and oxygen atoms in total. The number of fused-ring (bicyclic) bond motifs is 1. The lowest BCUT2D eigenvalue weighted by molar-refractivity contribution is 0.0391. The van der Waals surface area contributed by atoms with E-state index in [4.69, 9.17) is 4.74 Å². The minimum absolute atomic E-state index is 0. The van der Waals surface area contributed by atoms with E-state index < -0.39 is 11.6 Å². The SMILES string of the molecule is CCn1nccc1C(=O)N(CCN1CCOCC1)c1nc2c(F)cc(F)cc2s1.Cl. The zero-order valence-corrected chi connectivity index (χ0v) is 18.0. The first-order valence-corrected chi connectivity index (χ1v) is 10.3. The van der Waals surface area contributed by atoms with Gasteiger partial charge in [-0.3, -0.25) is 19.3 Å². The summed E-state index contributed by atoms with van der Waals surface area (Å²) in [5.41, 5.74) is 0.500. The lowest BCUT2D eigenvalue weighted by Crippen LogP contribution is -2.43. The van der Waals surface area contributed by atoms with E-state index in [0.29, 0.717) is 48.4 Å². The van der Waals surface area contributed by atoms with Crippen LogP contribution in [0.3, 0.4) is 0 Å². The van der Waals surface area contributed by atoms with Gasteiger partial charge in [-0.1, -0.05) is 11.3 Å². The average molecular weight is 458 g/mol. The van der Waals surface area contributed by atoms with Crippen LogP contribution in [0, 0.1) is 11.6 Å². The third-order valence-electron chi connectivity index (χ3n) is 4.86. The minimum atomic E-state index is -0.735. The number of halogens is 3. The Kier molecular flexibility index (Phi) is 7.35. The molecule has 3 heterocycles. The molecule has 1 aliphatic heterocycles. The van der Waals surface area contributed by atoms with Crippen LogP contribution in [-0.2, 0) is 11.3 Å². The van der Waals surface area contributed by atoms with Crippen molar-refractivity contribution >= 4 is 45.0 Å². The van der Waals surface area contributed by atoms with E-state index in [0.717, 1.165) is 30.5 Å². The molecule has 1 saturated heterocycles. The molecule has 4 rings (SSSR count). The molecule has 0 saturated carbocycles. The Labute approximate surface area is 182 Å². The Morgan fingerprint density at radius 3 is 2.80 bits per heavy atom. The van der Waals surface area contributed by atoms with Crippen molar-refractivity contribution < 1.29 is 18.3 Å². The Morgan fingerprint density at radius 1 is 1.30 bits per heavy atom. The number of aromatic nitrogens is 3. The average Bonchev–Trinajstić information content (AvgIpc) is 3.35. The van der Waals surface area contributed by atoms with Crippen molar-refractivity contribution in [3.05, 3.63) is 41.7 Å². The first-order valence-electron chi connectivity index (χ1n) is 9.46. The van der Waals surface area contributed by atoms with Crippen LogP contribution in [0.1, 0.15) is 17.4 Å². The van der Waals surface area contributed by atoms with Crippen LogP contribution < -0.4 is 4.90 Å². The number of aryl methyl sites for hydroxylation is 1. The Hall–Kier alpha value is -2.14. The summed E-state index contributed by atoms with van der Waals surface area (Å²) in [6.07, 6.45) is 1.57. The number of carbonyl (C=O) groups is 1. The van der Waals surface area contributed by atoms with E-state index in [2.05, 4.69) is 15.0 Å². The van der Waals surface area contributed by atoms with Gasteiger partial charge in [-0.05, 0) is 19.1 Å². The van der Waals surface area contributed by atoms with E-state index >= 15 is 0 Å². The molecule has 30 heavy (non-hydrogen) atoms. The smallest absolute Gasteiger partial charge is 0.278 e. The van der Waals surface area contributed by atoms with Gasteiger partial charge in [-0.25, -0.2) is 13.8 Å². The van der Waals surface area contributed by atoms with Crippen LogP contribution in [-0.4, -0.2) is 65.0 Å². The number of hydrogen-bond acceptors (Lipinski definition) is 6. The molecular weight excluding hydrogens is 436 g/mol. The van der Waals surface area contributed by atoms with Gasteiger partial charge in [0.05, 0.1) is 17.9 Å². The van der Waals surface area contributed by atoms with Gasteiger partial charge >= 0.3 is 0 Å². The van der Waals surface area contributed by atoms with Crippen molar-refractivity contribution in [2.45, 2.75) is 13.5 Å². The van der Waals surface area contributed by atoms with Crippen molar-refractivity contribution in [1.82, 2.24) is 19.7 Å². The largest absolute Gasteiger partial charge is 0.379 e. The van der Waals surface area contributed by atoms with Gasteiger partial charge in [0.1, 0.15) is 17.0 Å². The van der Waals surface area contributed by atoms with E-state index in [1.54, 1.807) is 16.9 Å². The van der Waals surface area contributed by atoms with Gasteiger partial charge in [0.15, 0.2) is 10.9 Å². The number of morpholine rings is 1. The molecular formula is C19H22ClF2N5O2S. The normalized spacial score (nSPS) is 14.6. The highest BCUT2D eigenvalue weighted by Gasteiger charge is 2.25. The maximum Gasteiger partial charge on any atom is 0.278 e. The van der Waals surface area contributed by atoms with Crippen LogP contribution in [0.15, 0.2) is 24.4 Å². The molecule has 0 aliphatic carbocycles. The highest BCUT2D eigenvalue weighted by Crippen LogP contribution is 2.32. The molecule has 0 spiro atoms. The first-order chi connectivity index (χ1) is 14.1. The summed E-state index contributed by atoms with van der Waals surface area (Å²) in [5, 5.41) is 4.51. The summed E-state index contributed by atoms with van der Waals surface area (Å²) in [6, 6.07) is 3.69. The van der Waals surface area contributed by atoms with Crippen LogP contribution in [0.25, 0.3) is 10.2 Å². The Balaban J connectivity index is 0.00000256. The molecule has 1 aromatic carbocycles. The zero-order valence-electron chi connectivity index (χ0n) is 16.4. The molecule has 1 amide bonds. The quantitative estimate of drug-likeness (QED) is 0.569. The van der Waals surface area contributed by atoms with E-state index in [-0.39, 0.29) is 23.8 Å². The monoisotopic (exact) mass is 457 g/mol. The first kappa shape index (κ1) is 22.5. The second kappa shape index (κ2) is 9.78. The molecule has 1 aliphatic rings. The number of carbonyl (C=O) groups excluding carboxylic acids is 1. The molecule has 0 unspecified atom stereocenters. The number of hydrogen-bond donors (Lipinski definition) is 0. The molecule has 1 fully saturated rings. The van der Waals surface area contributed by atoms with Crippen molar-refractivity contribution in [3.8, 4) is 0 Å². The second-order valence-corrected chi connectivity index (χ2v) is 7.68. The van der Waals surface area contributed by atoms with Gasteiger partial charge in [0.25, 0.3) is 5.91 Å². The van der Waals surface area contributed by atoms with Crippen LogP contribution in [0.4, 0.5) is 13.9 Å². The van der Waals surface area contributed by atoms with Crippen molar-refractivity contribution in [3.63, 3.8) is 0 Å². The maximum atomic E-state index is 14.2. The fourth-order valence-electron chi connectivity index (χ4n) is 3.32. The van der Waals surface area contributed by atoms with Crippen LogP contribution in [0.2, 0.25) is 0 Å². The Bertz CT molecular complexity index is 1020. The molecule has 0 atom stereocenters. The third-order valence-corrected chi connectivity index (χ3v) is 5.88. The molecule has 11 heteroatoms. The molecule has 0 radical (unpaired) electrons. The standard InChI is InChI=1S/C19H21F2N5O2S.ClH/c1-2-26-15(3-4-22-26)18(27)25(6-5-24-7-9-28-10-8-24)19-23-17-14(21)11-13(20)12-16(17)29-19;/h3-4,11-12H,2,5-10H2,1H3;1H. The lowest BCUT2D eigenvalue weighted by atomic mass is 10.3. The molecule has 162 valence electrons. The molecule has 2 aromatic heterocycles. The van der Waals surface area contributed by atoms with Gasteiger partial charge in [0, 0.05) is 45.0 Å². The second-order valence-electron chi connectivity index (χ2n) is 6.67. The van der Waals surface area contributed by atoms with E-state index in [9.17, 15) is 13.6 Å². The minimum Gasteiger partial charge on any atom is -0.379 e. The van der Waals surface area contributed by atoms with Gasteiger partial charge in [-0.2, -0.15) is 5.10 Å². The highest BCUT2D eigenvalue weighted by atomic mass is 35.5. The number of benzene rings is 1. The highest BCUT2D eigenvalue weighted by molar-refractivity contribution is 7.22. The summed E-state index contributed by atoms with van der Waals surface area (Å²) >= 11 is 1.10. The zero-order chi connectivity index (χ0) is 20.4. The number of anilines is 1. The lowest BCUT2D eigenvalue weighted by Gasteiger charge is -2.29. The fourth-order valence-corrected chi connectivity index (χ4v) is 4.35. The summed E-state index contributed by atoms with van der Waals surface area (Å²) in [7, 11) is 0. The summed E-state index contributed by atoms with van der Waals surface area (Å²) in [5.74, 6) is -1.67. The molecule has 0 N–H and O–H groups in total. The summed E-state index contributed by atoms with van der Waals surface area (Å²) in [6.45, 7) is 6.33. The van der Waals surface area contributed by atoms with Crippen LogP contribution >= 0.6 is 23.7 Å². The van der Waals surface area contributed by atoms with Crippen molar-refractivity contribution in [2.24, 2.45) is 0 Å². The molecule has 0 bridgehead atoms. The topological polar surface area (TPSA) is 63.5 Å². The van der Waals surface area contributed by atoms with Crippen molar-refractivity contribution in [1.29, 1.82) is 0 Å². The van der Waals surface area contributed by atoms with Gasteiger partial charge in [-0.15, -0.1) is 12.4 Å². The number of rotatable bonds is 6. The number of nitrogens with zero attached hydrogens (tertiary/aromatic N) is 5. The molecule has 3 aromatic rings. The van der Waals surface area contributed by atoms with Gasteiger partial charge in [0.2, 0.25) is 0 Å². The summed E-state index contributed by atoms with van der Waals surface area (Å²) < 4.78 is 35.1. The number of thiazole rings is 1. The van der Waals surface area contributed by atoms with E-state index in [1.807, 2.05) is 6.92 Å². The Morgan fingerprint density at radius 2 is 2.07 bits per heavy atom. The van der Waals surface area contributed by atoms with E-state index in [1.165, 1.54) is 11.0 Å². The van der Waals surface area contributed by atoms with Gasteiger partial charge < -0.3 is 4.74 Å². The predicted molar refractivity (Wildman–Crippen MR) is 114 cm³/mol.